The zero-order valence-corrected chi connectivity index (χ0v) is 21.6. The van der Waals surface area contributed by atoms with Gasteiger partial charge in [-0.25, -0.2) is 20.0 Å². The first kappa shape index (κ1) is 26.7. The van der Waals surface area contributed by atoms with Gasteiger partial charge in [-0.3, -0.25) is 9.36 Å². The highest BCUT2D eigenvalue weighted by atomic mass is 31.2. The van der Waals surface area contributed by atoms with Crippen molar-refractivity contribution in [2.24, 2.45) is 0 Å². The molecule has 0 fully saturated rings. The van der Waals surface area contributed by atoms with E-state index in [1.54, 1.807) is 31.7 Å². The lowest BCUT2D eigenvalue weighted by Gasteiger charge is -2.25. The Balaban J connectivity index is 1.69. The molecule has 3 atom stereocenters. The highest BCUT2D eigenvalue weighted by Gasteiger charge is 2.31. The molecule has 0 saturated heterocycles. The summed E-state index contributed by atoms with van der Waals surface area (Å²) in [6.45, 7) is 9.35. The third-order valence-corrected chi connectivity index (χ3v) is 7.01. The van der Waals surface area contributed by atoms with Crippen LogP contribution in [-0.2, 0) is 36.5 Å². The molecule has 2 heterocycles. The van der Waals surface area contributed by atoms with Crippen LogP contribution in [0.2, 0.25) is 0 Å². The van der Waals surface area contributed by atoms with Crippen LogP contribution in [-0.4, -0.2) is 50.1 Å². The van der Waals surface area contributed by atoms with Gasteiger partial charge < -0.3 is 24.3 Å². The average Bonchev–Trinajstić information content (AvgIpc) is 3.21. The molecule has 0 spiro atoms. The van der Waals surface area contributed by atoms with Crippen molar-refractivity contribution in [2.75, 3.05) is 12.1 Å². The number of benzene rings is 1. The average molecular weight is 505 g/mol. The van der Waals surface area contributed by atoms with Gasteiger partial charge in [-0.15, -0.1) is 0 Å². The zero-order valence-electron chi connectivity index (χ0n) is 20.7. The van der Waals surface area contributed by atoms with E-state index in [0.29, 0.717) is 23.5 Å². The van der Waals surface area contributed by atoms with E-state index in [1.807, 2.05) is 38.1 Å². The molecule has 3 aromatic rings. The first-order chi connectivity index (χ1) is 16.6. The highest BCUT2D eigenvalue weighted by molar-refractivity contribution is 7.56. The number of nitrogens with one attached hydrogen (secondary N) is 1. The van der Waals surface area contributed by atoms with Gasteiger partial charge in [0.05, 0.1) is 31.7 Å². The minimum atomic E-state index is -3.60. The number of carbonyl (C=O) groups is 1. The standard InChI is InChI=1S/C23H33N6O5P/c1-15(2)34-23(30)18(5)28-35(31,33-11-19-9-7-6-8-16(19)3)14-32-17(4)10-29-13-27-20-21(24)25-12-26-22(20)29/h6-9,12-13,15,17-18H,10-11,14H2,1-5H3,(H,28,31)(H2,24,25,26)/t17-,18+,35-/m1/s1. The third-order valence-electron chi connectivity index (χ3n) is 5.20. The second kappa shape index (κ2) is 11.7. The van der Waals surface area contributed by atoms with Crippen molar-refractivity contribution in [2.45, 2.75) is 66.0 Å². The fraction of sp³-hybridized carbons (Fsp3) is 0.478. The normalized spacial score (nSPS) is 15.1. The lowest BCUT2D eigenvalue weighted by atomic mass is 10.1. The molecule has 35 heavy (non-hydrogen) atoms. The Morgan fingerprint density at radius 3 is 2.63 bits per heavy atom. The monoisotopic (exact) mass is 504 g/mol. The fourth-order valence-corrected chi connectivity index (χ4v) is 5.04. The summed E-state index contributed by atoms with van der Waals surface area (Å²) < 4.78 is 32.5. The molecule has 0 aliphatic heterocycles. The van der Waals surface area contributed by atoms with Crippen LogP contribution < -0.4 is 10.8 Å². The minimum Gasteiger partial charge on any atom is -0.462 e. The van der Waals surface area contributed by atoms with Gasteiger partial charge in [0.1, 0.15) is 24.2 Å². The molecular weight excluding hydrogens is 471 g/mol. The molecule has 190 valence electrons. The summed E-state index contributed by atoms with van der Waals surface area (Å²) in [6.07, 6.45) is 2.06. The topological polar surface area (TPSA) is 143 Å². The summed E-state index contributed by atoms with van der Waals surface area (Å²) in [5.74, 6) is -0.224. The van der Waals surface area contributed by atoms with E-state index in [0.717, 1.165) is 11.1 Å². The molecule has 0 amide bonds. The summed E-state index contributed by atoms with van der Waals surface area (Å²) >= 11 is 0. The number of ether oxygens (including phenoxy) is 2. The molecule has 3 rings (SSSR count). The van der Waals surface area contributed by atoms with Crippen molar-refractivity contribution in [3.8, 4) is 0 Å². The van der Waals surface area contributed by atoms with E-state index in [-0.39, 0.29) is 25.2 Å². The Morgan fingerprint density at radius 1 is 1.17 bits per heavy atom. The van der Waals surface area contributed by atoms with Crippen LogP contribution >= 0.6 is 7.52 Å². The van der Waals surface area contributed by atoms with Crippen LogP contribution in [0.4, 0.5) is 5.82 Å². The zero-order chi connectivity index (χ0) is 25.6. The summed E-state index contributed by atoms with van der Waals surface area (Å²) in [5, 5.41) is 2.82. The SMILES string of the molecule is Cc1ccccc1CO[P@](=O)(CO[C@H](C)Cn1cnc2c(N)ncnc21)N[C@@H](C)C(=O)OC(C)C. The van der Waals surface area contributed by atoms with Crippen LogP contribution in [0, 0.1) is 6.92 Å². The Bertz CT molecular complexity index is 1200. The number of nitrogen functional groups attached to an aromatic ring is 1. The summed E-state index contributed by atoms with van der Waals surface area (Å²) in [7, 11) is -3.60. The molecule has 11 nitrogen and oxygen atoms in total. The quantitative estimate of drug-likeness (QED) is 0.278. The van der Waals surface area contributed by atoms with E-state index < -0.39 is 19.5 Å². The molecule has 0 radical (unpaired) electrons. The number of nitrogens with two attached hydrogens (primary N) is 1. The predicted octanol–water partition coefficient (Wildman–Crippen LogP) is 3.42. The summed E-state index contributed by atoms with van der Waals surface area (Å²) in [4.78, 5) is 24.7. The molecular formula is C23H33N6O5P. The van der Waals surface area contributed by atoms with Crippen LogP contribution in [0.25, 0.3) is 11.2 Å². The number of aryl methyl sites for hydroxylation is 1. The van der Waals surface area contributed by atoms with Crippen LogP contribution in [0.1, 0.15) is 38.8 Å². The maximum atomic E-state index is 13.7. The second-order valence-corrected chi connectivity index (χ2v) is 10.8. The second-order valence-electron chi connectivity index (χ2n) is 8.64. The molecule has 0 aliphatic carbocycles. The van der Waals surface area contributed by atoms with E-state index in [9.17, 15) is 9.36 Å². The number of hydrogen-bond acceptors (Lipinski definition) is 9. The fourth-order valence-electron chi connectivity index (χ4n) is 3.33. The molecule has 0 aliphatic rings. The van der Waals surface area contributed by atoms with Gasteiger partial charge in [-0.1, -0.05) is 24.3 Å². The number of hydrogen-bond donors (Lipinski definition) is 2. The highest BCUT2D eigenvalue weighted by Crippen LogP contribution is 2.44. The number of imidazole rings is 1. The van der Waals surface area contributed by atoms with Crippen molar-refractivity contribution in [3.05, 3.63) is 48.0 Å². The molecule has 3 N–H and O–H groups in total. The minimum absolute atomic E-state index is 0.100. The number of esters is 1. The molecule has 2 aromatic heterocycles. The van der Waals surface area contributed by atoms with Crippen molar-refractivity contribution < 1.29 is 23.4 Å². The molecule has 0 unspecified atom stereocenters. The maximum Gasteiger partial charge on any atom is 0.323 e. The number of nitrogens with zero attached hydrogens (tertiary/aromatic N) is 4. The summed E-state index contributed by atoms with van der Waals surface area (Å²) in [5.41, 5.74) is 8.83. The predicted molar refractivity (Wildman–Crippen MR) is 133 cm³/mol. The molecule has 0 bridgehead atoms. The largest absolute Gasteiger partial charge is 0.462 e. The number of anilines is 1. The lowest BCUT2D eigenvalue weighted by Crippen LogP contribution is -2.36. The van der Waals surface area contributed by atoms with E-state index in [1.165, 1.54) is 6.33 Å². The van der Waals surface area contributed by atoms with Crippen LogP contribution in [0.15, 0.2) is 36.9 Å². The van der Waals surface area contributed by atoms with Crippen molar-refractivity contribution in [1.29, 1.82) is 0 Å². The molecule has 0 saturated carbocycles. The molecule has 12 heteroatoms. The van der Waals surface area contributed by atoms with Crippen molar-refractivity contribution in [3.63, 3.8) is 0 Å². The first-order valence-corrected chi connectivity index (χ1v) is 13.2. The van der Waals surface area contributed by atoms with Gasteiger partial charge in [0.25, 0.3) is 7.52 Å². The van der Waals surface area contributed by atoms with Gasteiger partial charge in [0.2, 0.25) is 0 Å². The summed E-state index contributed by atoms with van der Waals surface area (Å²) in [6, 6.07) is 6.80. The Hall–Kier alpha value is -2.85. The van der Waals surface area contributed by atoms with Crippen molar-refractivity contribution in [1.82, 2.24) is 24.6 Å². The Kier molecular flexibility index (Phi) is 8.96. The van der Waals surface area contributed by atoms with Gasteiger partial charge in [0, 0.05) is 0 Å². The van der Waals surface area contributed by atoms with E-state index in [4.69, 9.17) is 19.7 Å². The van der Waals surface area contributed by atoms with Gasteiger partial charge in [-0.05, 0) is 45.7 Å². The number of fused-ring (bicyclic) bond motifs is 1. The number of carbonyl (C=O) groups excluding carboxylic acids is 1. The van der Waals surface area contributed by atoms with Gasteiger partial charge in [-0.2, -0.15) is 0 Å². The van der Waals surface area contributed by atoms with E-state index >= 15 is 0 Å². The first-order valence-electron chi connectivity index (χ1n) is 11.4. The van der Waals surface area contributed by atoms with Crippen LogP contribution in [0.3, 0.4) is 0 Å². The number of aromatic nitrogens is 4. The smallest absolute Gasteiger partial charge is 0.323 e. The van der Waals surface area contributed by atoms with Crippen LogP contribution in [0.5, 0.6) is 0 Å². The third kappa shape index (κ3) is 7.32. The molecule has 1 aromatic carbocycles. The van der Waals surface area contributed by atoms with Crippen molar-refractivity contribution >= 4 is 30.5 Å². The Labute approximate surface area is 204 Å². The maximum absolute atomic E-state index is 13.7. The Morgan fingerprint density at radius 2 is 1.91 bits per heavy atom. The van der Waals surface area contributed by atoms with E-state index in [2.05, 4.69) is 20.0 Å². The van der Waals surface area contributed by atoms with Gasteiger partial charge >= 0.3 is 5.97 Å². The van der Waals surface area contributed by atoms with Gasteiger partial charge in [0.15, 0.2) is 11.5 Å². The lowest BCUT2D eigenvalue weighted by molar-refractivity contribution is -0.149. The number of rotatable bonds is 12.